The fraction of sp³-hybridized carbons (Fsp3) is 0.286. The average Bonchev–Trinajstić information content (AvgIpc) is 3.37. The van der Waals surface area contributed by atoms with Crippen LogP contribution in [0.4, 0.5) is 25.4 Å². The van der Waals surface area contributed by atoms with Crippen molar-refractivity contribution in [1.29, 1.82) is 0 Å². The fourth-order valence-corrected chi connectivity index (χ4v) is 4.39. The monoisotopic (exact) mass is 548 g/mol. The van der Waals surface area contributed by atoms with E-state index in [1.807, 2.05) is 18.2 Å². The molecule has 5 amide bonds. The van der Waals surface area contributed by atoms with E-state index in [1.54, 1.807) is 12.1 Å². The standard InChI is InChI=1S/C28H29FN6O5/c29-23-18-20(32-27(37)35-13-12-34(28(35)38)21-4-2-1-3-5-21)6-7-25(23)40-22-8-9-30-24(19-22)26(36)31-10-11-33-14-16-39-17-15-33/h1-9,18-19H,10-17H2,(H,31,36)(H,32,37). The molecular weight excluding hydrogens is 519 g/mol. The first-order valence-corrected chi connectivity index (χ1v) is 12.9. The number of amides is 5. The molecule has 0 atom stereocenters. The molecule has 12 heteroatoms. The number of nitrogens with zero attached hydrogens (tertiary/aromatic N) is 4. The van der Waals surface area contributed by atoms with Crippen LogP contribution >= 0.6 is 0 Å². The van der Waals surface area contributed by atoms with Gasteiger partial charge in [0.1, 0.15) is 11.4 Å². The Balaban J connectivity index is 1.15. The Kier molecular flexibility index (Phi) is 8.47. The van der Waals surface area contributed by atoms with Crippen LogP contribution in [0.25, 0.3) is 0 Å². The van der Waals surface area contributed by atoms with Crippen LogP contribution in [-0.4, -0.2) is 85.2 Å². The van der Waals surface area contributed by atoms with Gasteiger partial charge in [-0.2, -0.15) is 0 Å². The van der Waals surface area contributed by atoms with Gasteiger partial charge in [0.05, 0.1) is 19.8 Å². The Hall–Kier alpha value is -4.55. The molecule has 0 spiro atoms. The third kappa shape index (κ3) is 6.53. The number of morpholine rings is 1. The Bertz CT molecular complexity index is 1370. The number of aromatic nitrogens is 1. The van der Waals surface area contributed by atoms with E-state index in [9.17, 15) is 18.8 Å². The minimum absolute atomic E-state index is 0.102. The van der Waals surface area contributed by atoms with Gasteiger partial charge in [0.15, 0.2) is 11.6 Å². The van der Waals surface area contributed by atoms with E-state index in [2.05, 4.69) is 20.5 Å². The Morgan fingerprint density at radius 3 is 2.58 bits per heavy atom. The number of anilines is 2. The summed E-state index contributed by atoms with van der Waals surface area (Å²) in [5.74, 6) is -0.965. The van der Waals surface area contributed by atoms with E-state index in [1.165, 1.54) is 35.4 Å². The molecule has 0 aliphatic carbocycles. The Labute approximate surface area is 230 Å². The lowest BCUT2D eigenvalue weighted by Gasteiger charge is -2.26. The molecule has 2 N–H and O–H groups in total. The molecule has 40 heavy (non-hydrogen) atoms. The van der Waals surface area contributed by atoms with E-state index < -0.39 is 17.9 Å². The lowest BCUT2D eigenvalue weighted by atomic mass is 10.2. The van der Waals surface area contributed by atoms with E-state index >= 15 is 0 Å². The summed E-state index contributed by atoms with van der Waals surface area (Å²) in [5.41, 5.74) is 1.000. The highest BCUT2D eigenvalue weighted by molar-refractivity contribution is 6.08. The Morgan fingerprint density at radius 2 is 1.80 bits per heavy atom. The van der Waals surface area contributed by atoms with Gasteiger partial charge in [0, 0.05) is 62.4 Å². The molecule has 2 aliphatic heterocycles. The van der Waals surface area contributed by atoms with Gasteiger partial charge in [0.25, 0.3) is 5.91 Å². The summed E-state index contributed by atoms with van der Waals surface area (Å²) in [6.07, 6.45) is 1.41. The topological polar surface area (TPSA) is 116 Å². The SMILES string of the molecule is O=C(NCCN1CCOCC1)c1cc(Oc2ccc(NC(=O)N3CCN(c4ccccc4)C3=O)cc2F)ccn1. The van der Waals surface area contributed by atoms with Crippen LogP contribution in [0.15, 0.2) is 66.9 Å². The summed E-state index contributed by atoms with van der Waals surface area (Å²) in [6.45, 7) is 4.75. The van der Waals surface area contributed by atoms with Gasteiger partial charge < -0.3 is 20.1 Å². The average molecular weight is 549 g/mol. The predicted octanol–water partition coefficient (Wildman–Crippen LogP) is 3.55. The molecule has 3 heterocycles. The van der Waals surface area contributed by atoms with Crippen LogP contribution in [0, 0.1) is 5.82 Å². The van der Waals surface area contributed by atoms with E-state index in [0.717, 1.165) is 24.1 Å². The minimum atomic E-state index is -0.732. The second-order valence-corrected chi connectivity index (χ2v) is 9.19. The molecular formula is C28H29FN6O5. The normalized spacial score (nSPS) is 15.7. The van der Waals surface area contributed by atoms with Crippen molar-refractivity contribution in [3.05, 3.63) is 78.4 Å². The number of imide groups is 1. The molecule has 0 unspecified atom stereocenters. The molecule has 2 saturated heterocycles. The third-order valence-corrected chi connectivity index (χ3v) is 6.51. The fourth-order valence-electron chi connectivity index (χ4n) is 4.39. The third-order valence-electron chi connectivity index (χ3n) is 6.51. The predicted molar refractivity (Wildman–Crippen MR) is 145 cm³/mol. The number of para-hydroxylation sites is 1. The summed E-state index contributed by atoms with van der Waals surface area (Å²) >= 11 is 0. The molecule has 2 aromatic carbocycles. The van der Waals surface area contributed by atoms with Crippen LogP contribution < -0.4 is 20.3 Å². The highest BCUT2D eigenvalue weighted by atomic mass is 19.1. The number of halogens is 1. The zero-order chi connectivity index (χ0) is 27.9. The number of rotatable bonds is 8. The number of nitrogens with one attached hydrogen (secondary N) is 2. The van der Waals surface area contributed by atoms with Crippen LogP contribution in [0.2, 0.25) is 0 Å². The second kappa shape index (κ2) is 12.5. The maximum Gasteiger partial charge on any atom is 0.332 e. The van der Waals surface area contributed by atoms with Crippen molar-refractivity contribution in [2.24, 2.45) is 0 Å². The summed E-state index contributed by atoms with van der Waals surface area (Å²) in [5, 5.41) is 5.38. The first-order valence-electron chi connectivity index (χ1n) is 12.9. The first kappa shape index (κ1) is 27.0. The summed E-state index contributed by atoms with van der Waals surface area (Å²) < 4.78 is 25.8. The van der Waals surface area contributed by atoms with Crippen LogP contribution in [0.5, 0.6) is 11.5 Å². The molecule has 0 bridgehead atoms. The van der Waals surface area contributed by atoms with Crippen LogP contribution in [0.3, 0.4) is 0 Å². The van der Waals surface area contributed by atoms with Gasteiger partial charge in [-0.1, -0.05) is 18.2 Å². The number of benzene rings is 2. The van der Waals surface area contributed by atoms with Crippen molar-refractivity contribution in [1.82, 2.24) is 20.1 Å². The highest BCUT2D eigenvalue weighted by Crippen LogP contribution is 2.27. The van der Waals surface area contributed by atoms with Crippen molar-refractivity contribution >= 4 is 29.3 Å². The number of carbonyl (C=O) groups excluding carboxylic acids is 3. The van der Waals surface area contributed by atoms with Gasteiger partial charge in [0.2, 0.25) is 0 Å². The lowest BCUT2D eigenvalue weighted by Crippen LogP contribution is -2.41. The van der Waals surface area contributed by atoms with E-state index in [0.29, 0.717) is 38.5 Å². The minimum Gasteiger partial charge on any atom is -0.454 e. The second-order valence-electron chi connectivity index (χ2n) is 9.19. The van der Waals surface area contributed by atoms with E-state index in [-0.39, 0.29) is 35.3 Å². The van der Waals surface area contributed by atoms with Crippen LogP contribution in [-0.2, 0) is 4.74 Å². The van der Waals surface area contributed by atoms with Gasteiger partial charge in [-0.05, 0) is 30.3 Å². The molecule has 0 radical (unpaired) electrons. The van der Waals surface area contributed by atoms with Gasteiger partial charge in [-0.15, -0.1) is 0 Å². The number of hydrogen-bond donors (Lipinski definition) is 2. The first-order chi connectivity index (χ1) is 19.5. The summed E-state index contributed by atoms with van der Waals surface area (Å²) in [6, 6.07) is 14.8. The van der Waals surface area contributed by atoms with Gasteiger partial charge in [-0.3, -0.25) is 19.6 Å². The van der Waals surface area contributed by atoms with Crippen molar-refractivity contribution < 1.29 is 28.2 Å². The molecule has 2 fully saturated rings. The van der Waals surface area contributed by atoms with Crippen molar-refractivity contribution in [3.8, 4) is 11.5 Å². The van der Waals surface area contributed by atoms with Crippen molar-refractivity contribution in [3.63, 3.8) is 0 Å². The Morgan fingerprint density at radius 1 is 1.00 bits per heavy atom. The molecule has 3 aromatic rings. The maximum atomic E-state index is 14.9. The van der Waals surface area contributed by atoms with Crippen molar-refractivity contribution in [2.45, 2.75) is 0 Å². The van der Waals surface area contributed by atoms with Gasteiger partial charge in [-0.25, -0.2) is 18.9 Å². The smallest absolute Gasteiger partial charge is 0.332 e. The zero-order valence-electron chi connectivity index (χ0n) is 21.7. The maximum absolute atomic E-state index is 14.9. The number of hydrogen-bond acceptors (Lipinski definition) is 7. The lowest BCUT2D eigenvalue weighted by molar-refractivity contribution is 0.0383. The summed E-state index contributed by atoms with van der Waals surface area (Å²) in [4.78, 5) is 46.8. The molecule has 208 valence electrons. The quantitative estimate of drug-likeness (QED) is 0.442. The molecule has 1 aromatic heterocycles. The van der Waals surface area contributed by atoms with E-state index in [4.69, 9.17) is 9.47 Å². The zero-order valence-corrected chi connectivity index (χ0v) is 21.7. The largest absolute Gasteiger partial charge is 0.454 e. The molecule has 5 rings (SSSR count). The molecule has 2 aliphatic rings. The molecule has 11 nitrogen and oxygen atoms in total. The van der Waals surface area contributed by atoms with Gasteiger partial charge >= 0.3 is 12.1 Å². The van der Waals surface area contributed by atoms with Crippen LogP contribution in [0.1, 0.15) is 10.5 Å². The number of carbonyl (C=O) groups is 3. The summed E-state index contributed by atoms with van der Waals surface area (Å²) in [7, 11) is 0. The number of pyridine rings is 1. The number of urea groups is 2. The molecule has 0 saturated carbocycles. The highest BCUT2D eigenvalue weighted by Gasteiger charge is 2.34. The number of ether oxygens (including phenoxy) is 2. The van der Waals surface area contributed by atoms with Crippen molar-refractivity contribution in [2.75, 3.05) is 62.7 Å².